The van der Waals surface area contributed by atoms with Crippen molar-refractivity contribution in [3.05, 3.63) is 28.3 Å². The van der Waals surface area contributed by atoms with Crippen LogP contribution in [0.1, 0.15) is 20.3 Å². The van der Waals surface area contributed by atoms with Gasteiger partial charge < -0.3 is 9.64 Å². The molecule has 0 spiro atoms. The minimum Gasteiger partial charge on any atom is -0.496 e. The van der Waals surface area contributed by atoms with Crippen molar-refractivity contribution < 1.29 is 9.66 Å². The number of methoxy groups -OCH3 is 1. The van der Waals surface area contributed by atoms with E-state index in [1.54, 1.807) is 12.1 Å². The summed E-state index contributed by atoms with van der Waals surface area (Å²) in [5.74, 6) is 0.792. The number of nitrogens with zero attached hydrogens (tertiary/aromatic N) is 3. The van der Waals surface area contributed by atoms with Gasteiger partial charge >= 0.3 is 0 Å². The van der Waals surface area contributed by atoms with Gasteiger partial charge in [0.25, 0.3) is 5.69 Å². The maximum atomic E-state index is 11.2. The summed E-state index contributed by atoms with van der Waals surface area (Å²) in [6.07, 6.45) is 0.329. The molecule has 6 heteroatoms. The summed E-state index contributed by atoms with van der Waals surface area (Å²) >= 11 is 0. The van der Waals surface area contributed by atoms with Gasteiger partial charge in [0, 0.05) is 13.1 Å². The summed E-state index contributed by atoms with van der Waals surface area (Å²) in [4.78, 5) is 12.7. The van der Waals surface area contributed by atoms with Crippen molar-refractivity contribution >= 4 is 11.4 Å². The summed E-state index contributed by atoms with van der Waals surface area (Å²) in [5.41, 5.74) is 0.530. The molecule has 0 amide bonds. The molecule has 1 aromatic rings. The molecule has 0 saturated heterocycles. The quantitative estimate of drug-likeness (QED) is 0.565. The number of ether oxygens (including phenoxy) is 1. The normalized spacial score (nSPS) is 10.2. The number of hydrogen-bond acceptors (Lipinski definition) is 5. The van der Waals surface area contributed by atoms with E-state index in [9.17, 15) is 10.1 Å². The number of nitro benzene ring substituents is 1. The fraction of sp³-hybridized carbons (Fsp3) is 0.500. The van der Waals surface area contributed by atoms with Gasteiger partial charge in [-0.2, -0.15) is 5.26 Å². The molecule has 0 radical (unpaired) electrons. The molecule has 0 atom stereocenters. The molecule has 0 fully saturated rings. The van der Waals surface area contributed by atoms with E-state index in [0.29, 0.717) is 36.9 Å². The van der Waals surface area contributed by atoms with Crippen LogP contribution < -0.4 is 9.64 Å². The number of anilines is 1. The number of benzene rings is 1. The van der Waals surface area contributed by atoms with Gasteiger partial charge in [0.1, 0.15) is 11.4 Å². The van der Waals surface area contributed by atoms with Crippen LogP contribution in [0.4, 0.5) is 11.4 Å². The third kappa shape index (κ3) is 4.12. The minimum atomic E-state index is -0.419. The molecular formula is C14H19N3O3. The molecule has 0 saturated carbocycles. The van der Waals surface area contributed by atoms with Gasteiger partial charge in [0.2, 0.25) is 0 Å². The first-order valence-electron chi connectivity index (χ1n) is 6.44. The van der Waals surface area contributed by atoms with Crippen molar-refractivity contribution in [3.8, 4) is 11.8 Å². The standard InChI is InChI=1S/C14H19N3O3/c1-11(2)10-16(8-4-7-15)13-6-5-12(20-3)9-14(13)17(18)19/h5-6,9,11H,4,8,10H2,1-3H3. The molecule has 20 heavy (non-hydrogen) atoms. The predicted octanol–water partition coefficient (Wildman–Crippen LogP) is 2.98. The van der Waals surface area contributed by atoms with E-state index in [1.165, 1.54) is 13.2 Å². The first kappa shape index (κ1) is 15.8. The Morgan fingerprint density at radius 2 is 2.20 bits per heavy atom. The minimum absolute atomic E-state index is 0.00272. The van der Waals surface area contributed by atoms with Crippen LogP contribution in [0.25, 0.3) is 0 Å². The lowest BCUT2D eigenvalue weighted by atomic mass is 10.1. The Kier molecular flexibility index (Phi) is 5.78. The van der Waals surface area contributed by atoms with Gasteiger partial charge in [-0.1, -0.05) is 13.8 Å². The molecule has 108 valence electrons. The van der Waals surface area contributed by atoms with Crippen LogP contribution in [-0.2, 0) is 0 Å². The Hall–Kier alpha value is -2.29. The third-order valence-corrected chi connectivity index (χ3v) is 2.80. The summed E-state index contributed by atoms with van der Waals surface area (Å²) in [5, 5.41) is 19.9. The number of nitriles is 1. The van der Waals surface area contributed by atoms with Crippen molar-refractivity contribution in [1.82, 2.24) is 0 Å². The van der Waals surface area contributed by atoms with Gasteiger partial charge in [-0.05, 0) is 18.1 Å². The Labute approximate surface area is 118 Å². The summed E-state index contributed by atoms with van der Waals surface area (Å²) in [6, 6.07) is 6.86. The first-order valence-corrected chi connectivity index (χ1v) is 6.44. The predicted molar refractivity (Wildman–Crippen MR) is 76.9 cm³/mol. The smallest absolute Gasteiger partial charge is 0.296 e. The average molecular weight is 277 g/mol. The Bertz CT molecular complexity index is 509. The Balaban J connectivity index is 3.17. The van der Waals surface area contributed by atoms with Gasteiger partial charge in [0.15, 0.2) is 0 Å². The molecule has 0 N–H and O–H groups in total. The van der Waals surface area contributed by atoms with E-state index in [1.807, 2.05) is 18.7 Å². The zero-order valence-corrected chi connectivity index (χ0v) is 12.0. The highest BCUT2D eigenvalue weighted by atomic mass is 16.6. The molecule has 0 bridgehead atoms. The van der Waals surface area contributed by atoms with Gasteiger partial charge in [0.05, 0.1) is 30.6 Å². The Morgan fingerprint density at radius 1 is 1.50 bits per heavy atom. The van der Waals surface area contributed by atoms with Crippen LogP contribution in [-0.4, -0.2) is 25.1 Å². The molecule has 0 aliphatic carbocycles. The van der Waals surface area contributed by atoms with Crippen LogP contribution in [0.5, 0.6) is 5.75 Å². The second-order valence-electron chi connectivity index (χ2n) is 4.86. The molecule has 1 aromatic carbocycles. The van der Waals surface area contributed by atoms with Gasteiger partial charge in [-0.3, -0.25) is 10.1 Å². The lowest BCUT2D eigenvalue weighted by Crippen LogP contribution is -2.29. The van der Waals surface area contributed by atoms with Crippen molar-refractivity contribution in [2.24, 2.45) is 5.92 Å². The van der Waals surface area contributed by atoms with E-state index in [-0.39, 0.29) is 5.69 Å². The fourth-order valence-electron chi connectivity index (χ4n) is 1.98. The zero-order chi connectivity index (χ0) is 15.1. The zero-order valence-electron chi connectivity index (χ0n) is 12.0. The second kappa shape index (κ2) is 7.34. The monoisotopic (exact) mass is 277 g/mol. The second-order valence-corrected chi connectivity index (χ2v) is 4.86. The maximum Gasteiger partial charge on any atom is 0.296 e. The number of nitro groups is 1. The van der Waals surface area contributed by atoms with Gasteiger partial charge in [-0.25, -0.2) is 0 Å². The van der Waals surface area contributed by atoms with E-state index in [2.05, 4.69) is 6.07 Å². The van der Waals surface area contributed by atoms with Crippen LogP contribution in [0.3, 0.4) is 0 Å². The van der Waals surface area contributed by atoms with E-state index < -0.39 is 4.92 Å². The highest BCUT2D eigenvalue weighted by Crippen LogP contribution is 2.32. The van der Waals surface area contributed by atoms with Crippen LogP contribution in [0, 0.1) is 27.4 Å². The summed E-state index contributed by atoms with van der Waals surface area (Å²) in [7, 11) is 1.47. The van der Waals surface area contributed by atoms with Crippen LogP contribution in [0.2, 0.25) is 0 Å². The highest BCUT2D eigenvalue weighted by molar-refractivity contribution is 5.65. The molecule has 0 aromatic heterocycles. The first-order chi connectivity index (χ1) is 9.49. The molecule has 1 rings (SSSR count). The van der Waals surface area contributed by atoms with Crippen LogP contribution in [0.15, 0.2) is 18.2 Å². The Morgan fingerprint density at radius 3 is 2.70 bits per heavy atom. The molecule has 0 aliphatic heterocycles. The summed E-state index contributed by atoms with van der Waals surface area (Å²) in [6.45, 7) is 5.21. The lowest BCUT2D eigenvalue weighted by molar-refractivity contribution is -0.384. The van der Waals surface area contributed by atoms with Crippen molar-refractivity contribution in [2.75, 3.05) is 25.1 Å². The number of hydrogen-bond donors (Lipinski definition) is 0. The highest BCUT2D eigenvalue weighted by Gasteiger charge is 2.21. The molecular weight excluding hydrogens is 258 g/mol. The third-order valence-electron chi connectivity index (χ3n) is 2.80. The van der Waals surface area contributed by atoms with Crippen molar-refractivity contribution in [2.45, 2.75) is 20.3 Å². The van der Waals surface area contributed by atoms with E-state index >= 15 is 0 Å². The topological polar surface area (TPSA) is 79.4 Å². The average Bonchev–Trinajstić information content (AvgIpc) is 2.42. The van der Waals surface area contributed by atoms with Crippen LogP contribution >= 0.6 is 0 Å². The SMILES string of the molecule is COc1ccc(N(CCC#N)CC(C)C)c([N+](=O)[O-])c1. The lowest BCUT2D eigenvalue weighted by Gasteiger charge is -2.25. The molecule has 0 aliphatic rings. The fourth-order valence-corrected chi connectivity index (χ4v) is 1.98. The van der Waals surface area contributed by atoms with Crippen molar-refractivity contribution in [3.63, 3.8) is 0 Å². The summed E-state index contributed by atoms with van der Waals surface area (Å²) < 4.78 is 5.03. The molecule has 6 nitrogen and oxygen atoms in total. The molecule has 0 heterocycles. The van der Waals surface area contributed by atoms with Gasteiger partial charge in [-0.15, -0.1) is 0 Å². The molecule has 0 unspecified atom stereocenters. The largest absolute Gasteiger partial charge is 0.496 e. The number of rotatable bonds is 7. The van der Waals surface area contributed by atoms with E-state index in [4.69, 9.17) is 10.00 Å². The maximum absolute atomic E-state index is 11.2. The van der Waals surface area contributed by atoms with Crippen molar-refractivity contribution in [1.29, 1.82) is 5.26 Å². The van der Waals surface area contributed by atoms with E-state index in [0.717, 1.165) is 0 Å².